The van der Waals surface area contributed by atoms with E-state index in [-0.39, 0.29) is 16.6 Å². The minimum atomic E-state index is -1.12. The monoisotopic (exact) mass is 204 g/mol. The second-order valence-electron chi connectivity index (χ2n) is 1.96. The normalized spacial score (nSPS) is 9.83. The number of carboxylic acid groups (broad SMARTS) is 1. The topological polar surface area (TPSA) is 63.1 Å². The van der Waals surface area contributed by atoms with Crippen molar-refractivity contribution in [2.24, 2.45) is 0 Å². The van der Waals surface area contributed by atoms with Gasteiger partial charge in [-0.1, -0.05) is 11.6 Å². The molecule has 12 heavy (non-hydrogen) atoms. The lowest BCUT2D eigenvalue weighted by Crippen LogP contribution is -2.04. The molecule has 0 aliphatic rings. The van der Waals surface area contributed by atoms with E-state index in [2.05, 4.69) is 22.6 Å². The van der Waals surface area contributed by atoms with Gasteiger partial charge in [-0.3, -0.25) is 0 Å². The Labute approximate surface area is 79.0 Å². The van der Waals surface area contributed by atoms with Crippen LogP contribution in [0.4, 0.5) is 0 Å². The van der Waals surface area contributed by atoms with Crippen LogP contribution < -0.4 is 0 Å². The van der Waals surface area contributed by atoms with Crippen molar-refractivity contribution in [3.8, 4) is 0 Å². The van der Waals surface area contributed by atoms with Crippen LogP contribution in [0, 0.1) is 0 Å². The lowest BCUT2D eigenvalue weighted by atomic mass is 10.4. The summed E-state index contributed by atoms with van der Waals surface area (Å²) in [5.41, 5.74) is -0.112. The highest BCUT2D eigenvalue weighted by atomic mass is 35.5. The Morgan fingerprint density at radius 3 is 2.83 bits per heavy atom. The van der Waals surface area contributed by atoms with Crippen molar-refractivity contribution >= 4 is 30.2 Å². The van der Waals surface area contributed by atoms with Crippen LogP contribution in [-0.2, 0) is 5.75 Å². The lowest BCUT2D eigenvalue weighted by Gasteiger charge is -1.97. The summed E-state index contributed by atoms with van der Waals surface area (Å²) >= 11 is 9.42. The number of halogens is 1. The molecule has 0 aromatic carbocycles. The fourth-order valence-corrected chi connectivity index (χ4v) is 0.987. The third kappa shape index (κ3) is 2.09. The summed E-state index contributed by atoms with van der Waals surface area (Å²) in [7, 11) is 0. The predicted molar refractivity (Wildman–Crippen MR) is 46.7 cm³/mol. The number of hydrogen-bond donors (Lipinski definition) is 2. The van der Waals surface area contributed by atoms with E-state index in [1.165, 1.54) is 6.07 Å². The molecular weight excluding hydrogens is 200 g/mol. The zero-order chi connectivity index (χ0) is 9.14. The van der Waals surface area contributed by atoms with Gasteiger partial charge in [-0.25, -0.2) is 14.8 Å². The maximum atomic E-state index is 10.4. The van der Waals surface area contributed by atoms with Gasteiger partial charge in [0.05, 0.1) is 5.75 Å². The van der Waals surface area contributed by atoms with Gasteiger partial charge in [0.2, 0.25) is 0 Å². The summed E-state index contributed by atoms with van der Waals surface area (Å²) < 4.78 is 0. The summed E-state index contributed by atoms with van der Waals surface area (Å²) in [5.74, 6) is -0.550. The maximum absolute atomic E-state index is 10.4. The molecule has 64 valence electrons. The predicted octanol–water partition coefficient (Wildman–Crippen LogP) is 1.26. The smallest absolute Gasteiger partial charge is 0.354 e. The van der Waals surface area contributed by atoms with Crippen molar-refractivity contribution in [3.05, 3.63) is 22.7 Å². The molecule has 0 atom stereocenters. The molecule has 1 aromatic heterocycles. The Balaban J connectivity index is 3.15. The lowest BCUT2D eigenvalue weighted by molar-refractivity contribution is 0.0690. The van der Waals surface area contributed by atoms with Gasteiger partial charge in [0.1, 0.15) is 11.0 Å². The highest BCUT2D eigenvalue weighted by Gasteiger charge is 2.07. The van der Waals surface area contributed by atoms with Crippen LogP contribution in [-0.4, -0.2) is 21.0 Å². The van der Waals surface area contributed by atoms with Gasteiger partial charge in [0, 0.05) is 6.07 Å². The molecule has 0 amide bonds. The minimum Gasteiger partial charge on any atom is -0.477 e. The molecule has 1 heterocycles. The van der Waals surface area contributed by atoms with Gasteiger partial charge >= 0.3 is 5.97 Å². The number of aromatic nitrogens is 2. The summed E-state index contributed by atoms with van der Waals surface area (Å²) in [5, 5.41) is 8.67. The molecular formula is C6H5ClN2O2S. The van der Waals surface area contributed by atoms with Gasteiger partial charge in [0.15, 0.2) is 5.69 Å². The summed E-state index contributed by atoms with van der Waals surface area (Å²) in [6, 6.07) is 1.19. The Kier molecular flexibility index (Phi) is 2.88. The quantitative estimate of drug-likeness (QED) is 0.562. The molecule has 0 saturated carbocycles. The first-order valence-corrected chi connectivity index (χ1v) is 4.02. The van der Waals surface area contributed by atoms with Crippen LogP contribution in [0.3, 0.4) is 0 Å². The van der Waals surface area contributed by atoms with Gasteiger partial charge in [0.25, 0.3) is 0 Å². The van der Waals surface area contributed by atoms with E-state index in [0.29, 0.717) is 5.82 Å². The third-order valence-corrected chi connectivity index (χ3v) is 1.58. The summed E-state index contributed by atoms with van der Waals surface area (Å²) in [6.45, 7) is 0. The second-order valence-corrected chi connectivity index (χ2v) is 2.66. The van der Waals surface area contributed by atoms with E-state index in [4.69, 9.17) is 16.7 Å². The van der Waals surface area contributed by atoms with E-state index in [0.717, 1.165) is 0 Å². The van der Waals surface area contributed by atoms with E-state index in [1.54, 1.807) is 0 Å². The first-order valence-electron chi connectivity index (χ1n) is 3.01. The fourth-order valence-electron chi connectivity index (χ4n) is 0.645. The van der Waals surface area contributed by atoms with Crippen LogP contribution in [0.25, 0.3) is 0 Å². The van der Waals surface area contributed by atoms with Crippen LogP contribution in [0.2, 0.25) is 5.15 Å². The third-order valence-electron chi connectivity index (χ3n) is 1.10. The molecule has 0 spiro atoms. The number of carbonyl (C=O) groups is 1. The standard InChI is InChI=1S/C6H5ClN2O2S/c7-4-1-3(6(10)11)8-5(2-12)9-4/h1,12H,2H2,(H,10,11). The Bertz CT molecular complexity index is 318. The zero-order valence-corrected chi connectivity index (χ0v) is 7.51. The molecule has 0 bridgehead atoms. The first kappa shape index (κ1) is 9.28. The Morgan fingerprint density at radius 2 is 2.33 bits per heavy atom. The van der Waals surface area contributed by atoms with Gasteiger partial charge < -0.3 is 5.11 Å². The van der Waals surface area contributed by atoms with Crippen LogP contribution in [0.5, 0.6) is 0 Å². The number of thiol groups is 1. The summed E-state index contributed by atoms with van der Waals surface area (Å²) in [4.78, 5) is 17.9. The highest BCUT2D eigenvalue weighted by Crippen LogP contribution is 2.08. The minimum absolute atomic E-state index is 0.112. The number of nitrogens with zero attached hydrogens (tertiary/aromatic N) is 2. The van der Waals surface area contributed by atoms with E-state index >= 15 is 0 Å². The SMILES string of the molecule is O=C(O)c1cc(Cl)nc(CS)n1. The highest BCUT2D eigenvalue weighted by molar-refractivity contribution is 7.79. The van der Waals surface area contributed by atoms with Crippen LogP contribution >= 0.6 is 24.2 Å². The summed E-state index contributed by atoms with van der Waals surface area (Å²) in [6.07, 6.45) is 0. The zero-order valence-electron chi connectivity index (χ0n) is 5.86. The van der Waals surface area contributed by atoms with Gasteiger partial charge in [-0.15, -0.1) is 0 Å². The van der Waals surface area contributed by atoms with Crippen molar-refractivity contribution in [2.45, 2.75) is 5.75 Å². The first-order chi connectivity index (χ1) is 5.63. The Morgan fingerprint density at radius 1 is 1.67 bits per heavy atom. The number of carboxylic acids is 1. The molecule has 4 nitrogen and oxygen atoms in total. The van der Waals surface area contributed by atoms with Crippen molar-refractivity contribution < 1.29 is 9.90 Å². The van der Waals surface area contributed by atoms with Crippen LogP contribution in [0.15, 0.2) is 6.07 Å². The molecule has 6 heteroatoms. The molecule has 0 aliphatic heterocycles. The Hall–Kier alpha value is -0.810. The van der Waals surface area contributed by atoms with Gasteiger partial charge in [-0.2, -0.15) is 12.6 Å². The number of rotatable bonds is 2. The van der Waals surface area contributed by atoms with Crippen molar-refractivity contribution in [3.63, 3.8) is 0 Å². The van der Waals surface area contributed by atoms with Crippen molar-refractivity contribution in [1.29, 1.82) is 0 Å². The molecule has 1 N–H and O–H groups in total. The van der Waals surface area contributed by atoms with Crippen molar-refractivity contribution in [1.82, 2.24) is 9.97 Å². The number of aromatic carboxylic acids is 1. The molecule has 1 rings (SSSR count). The largest absolute Gasteiger partial charge is 0.477 e. The second kappa shape index (κ2) is 3.73. The average Bonchev–Trinajstić information content (AvgIpc) is 2.03. The van der Waals surface area contributed by atoms with Crippen LogP contribution in [0.1, 0.15) is 16.3 Å². The van der Waals surface area contributed by atoms with Gasteiger partial charge in [-0.05, 0) is 0 Å². The average molecular weight is 205 g/mol. The molecule has 0 radical (unpaired) electrons. The maximum Gasteiger partial charge on any atom is 0.354 e. The van der Waals surface area contributed by atoms with E-state index < -0.39 is 5.97 Å². The molecule has 0 saturated heterocycles. The number of hydrogen-bond acceptors (Lipinski definition) is 4. The van der Waals surface area contributed by atoms with Crippen molar-refractivity contribution in [2.75, 3.05) is 0 Å². The molecule has 0 unspecified atom stereocenters. The molecule has 0 fully saturated rings. The van der Waals surface area contributed by atoms with E-state index in [9.17, 15) is 4.79 Å². The molecule has 1 aromatic rings. The van der Waals surface area contributed by atoms with E-state index in [1.807, 2.05) is 0 Å². The molecule has 0 aliphatic carbocycles. The fraction of sp³-hybridized carbons (Fsp3) is 0.167.